The maximum absolute atomic E-state index is 13.9. The first kappa shape index (κ1) is 20.1. The summed E-state index contributed by atoms with van der Waals surface area (Å²) in [4.78, 5) is 16.7. The summed E-state index contributed by atoms with van der Waals surface area (Å²) >= 11 is 0. The number of halogens is 2. The molecule has 0 spiro atoms. The van der Waals surface area contributed by atoms with Crippen molar-refractivity contribution in [2.24, 2.45) is 0 Å². The Bertz CT molecular complexity index is 823. The van der Waals surface area contributed by atoms with Crippen LogP contribution in [0.5, 0.6) is 5.75 Å². The molecule has 0 unspecified atom stereocenters. The quantitative estimate of drug-likeness (QED) is 0.825. The molecule has 0 radical (unpaired) electrons. The van der Waals surface area contributed by atoms with Gasteiger partial charge in [-0.05, 0) is 25.1 Å². The van der Waals surface area contributed by atoms with Gasteiger partial charge >= 0.3 is 0 Å². The molecule has 1 aliphatic rings. The van der Waals surface area contributed by atoms with Crippen LogP contribution in [0.1, 0.15) is 18.5 Å². The van der Waals surface area contributed by atoms with Crippen LogP contribution in [0.2, 0.25) is 0 Å². The molecule has 1 amide bonds. The molecule has 2 aromatic carbocycles. The first-order valence-electron chi connectivity index (χ1n) is 9.32. The van der Waals surface area contributed by atoms with Crippen molar-refractivity contribution in [2.75, 3.05) is 44.7 Å². The van der Waals surface area contributed by atoms with Gasteiger partial charge < -0.3 is 15.0 Å². The van der Waals surface area contributed by atoms with Gasteiger partial charge in [0.2, 0.25) is 5.91 Å². The standard InChI is InChI=1S/C21H25F2N3O2/c1-15(19-7-6-16(22)12-20(19)23)24-21(27)14-25-8-10-26(11-9-25)17-4-3-5-18(13-17)28-2/h3-7,12-13,15H,8-11,14H2,1-2H3,(H,24,27)/t15-/m1/s1. The number of amides is 1. The van der Waals surface area contributed by atoms with Crippen LogP contribution in [0.3, 0.4) is 0 Å². The van der Waals surface area contributed by atoms with E-state index in [-0.39, 0.29) is 18.0 Å². The lowest BCUT2D eigenvalue weighted by atomic mass is 10.1. The minimum atomic E-state index is -0.653. The lowest BCUT2D eigenvalue weighted by Gasteiger charge is -2.36. The van der Waals surface area contributed by atoms with E-state index in [9.17, 15) is 13.6 Å². The summed E-state index contributed by atoms with van der Waals surface area (Å²) in [5.74, 6) is -0.638. The van der Waals surface area contributed by atoms with Gasteiger partial charge in [0, 0.05) is 49.6 Å². The number of methoxy groups -OCH3 is 1. The van der Waals surface area contributed by atoms with Gasteiger partial charge in [0.15, 0.2) is 0 Å². The molecule has 1 N–H and O–H groups in total. The number of hydrogen-bond donors (Lipinski definition) is 1. The Labute approximate surface area is 163 Å². The average Bonchev–Trinajstić information content (AvgIpc) is 2.68. The molecule has 28 heavy (non-hydrogen) atoms. The minimum absolute atomic E-state index is 0.175. The first-order valence-corrected chi connectivity index (χ1v) is 9.32. The van der Waals surface area contributed by atoms with E-state index in [0.717, 1.165) is 43.7 Å². The number of rotatable bonds is 6. The third kappa shape index (κ3) is 4.98. The summed E-state index contributed by atoms with van der Waals surface area (Å²) in [6, 6.07) is 10.8. The second kappa shape index (κ2) is 9.01. The monoisotopic (exact) mass is 389 g/mol. The molecule has 1 aliphatic heterocycles. The van der Waals surface area contributed by atoms with Crippen molar-refractivity contribution < 1.29 is 18.3 Å². The highest BCUT2D eigenvalue weighted by atomic mass is 19.1. The van der Waals surface area contributed by atoms with Crippen LogP contribution in [0.4, 0.5) is 14.5 Å². The Kier molecular flexibility index (Phi) is 6.46. The van der Waals surface area contributed by atoms with Crippen molar-refractivity contribution in [2.45, 2.75) is 13.0 Å². The van der Waals surface area contributed by atoms with Gasteiger partial charge in [0.1, 0.15) is 17.4 Å². The molecule has 0 saturated carbocycles. The Morgan fingerprint density at radius 2 is 1.89 bits per heavy atom. The van der Waals surface area contributed by atoms with Gasteiger partial charge in [0.25, 0.3) is 0 Å². The molecule has 0 bridgehead atoms. The van der Waals surface area contributed by atoms with Gasteiger partial charge in [-0.25, -0.2) is 8.78 Å². The zero-order valence-corrected chi connectivity index (χ0v) is 16.1. The number of benzene rings is 2. The van der Waals surface area contributed by atoms with E-state index in [1.807, 2.05) is 24.3 Å². The molecular formula is C21H25F2N3O2. The van der Waals surface area contributed by atoms with Crippen LogP contribution in [-0.4, -0.2) is 50.6 Å². The molecule has 2 aromatic rings. The third-order valence-corrected chi connectivity index (χ3v) is 4.96. The molecule has 5 nitrogen and oxygen atoms in total. The lowest BCUT2D eigenvalue weighted by molar-refractivity contribution is -0.123. The fourth-order valence-corrected chi connectivity index (χ4v) is 3.39. The Balaban J connectivity index is 1.49. The van der Waals surface area contributed by atoms with E-state index in [0.29, 0.717) is 0 Å². The summed E-state index contributed by atoms with van der Waals surface area (Å²) in [5.41, 5.74) is 1.38. The first-order chi connectivity index (χ1) is 13.5. The van der Waals surface area contributed by atoms with Crippen LogP contribution in [0.25, 0.3) is 0 Å². The number of carbonyl (C=O) groups excluding carboxylic acids is 1. The number of piperazine rings is 1. The smallest absolute Gasteiger partial charge is 0.234 e. The Hall–Kier alpha value is -2.67. The molecule has 0 aromatic heterocycles. The summed E-state index contributed by atoms with van der Waals surface area (Å²) in [6.07, 6.45) is 0. The van der Waals surface area contributed by atoms with E-state index in [1.54, 1.807) is 14.0 Å². The maximum Gasteiger partial charge on any atom is 0.234 e. The number of nitrogens with one attached hydrogen (secondary N) is 1. The van der Waals surface area contributed by atoms with Crippen molar-refractivity contribution in [3.63, 3.8) is 0 Å². The summed E-state index contributed by atoms with van der Waals surface area (Å²) in [7, 11) is 1.65. The third-order valence-electron chi connectivity index (χ3n) is 4.96. The summed E-state index contributed by atoms with van der Waals surface area (Å²) in [5, 5.41) is 2.79. The van der Waals surface area contributed by atoms with Crippen molar-refractivity contribution in [1.82, 2.24) is 10.2 Å². The highest BCUT2D eigenvalue weighted by Gasteiger charge is 2.21. The molecule has 0 aliphatic carbocycles. The van der Waals surface area contributed by atoms with Crippen molar-refractivity contribution in [1.29, 1.82) is 0 Å². The van der Waals surface area contributed by atoms with Crippen LogP contribution >= 0.6 is 0 Å². The highest BCUT2D eigenvalue weighted by molar-refractivity contribution is 5.78. The predicted octanol–water partition coefficient (Wildman–Crippen LogP) is 2.97. The Morgan fingerprint density at radius 1 is 1.14 bits per heavy atom. The van der Waals surface area contributed by atoms with Crippen LogP contribution < -0.4 is 15.0 Å². The van der Waals surface area contributed by atoms with Gasteiger partial charge in [0.05, 0.1) is 19.7 Å². The van der Waals surface area contributed by atoms with E-state index in [2.05, 4.69) is 15.1 Å². The Morgan fingerprint density at radius 3 is 2.57 bits per heavy atom. The largest absolute Gasteiger partial charge is 0.497 e. The van der Waals surface area contributed by atoms with Crippen LogP contribution in [0, 0.1) is 11.6 Å². The van der Waals surface area contributed by atoms with Crippen molar-refractivity contribution in [3.8, 4) is 5.75 Å². The zero-order valence-electron chi connectivity index (χ0n) is 16.1. The second-order valence-electron chi connectivity index (χ2n) is 6.92. The molecule has 7 heteroatoms. The number of anilines is 1. The van der Waals surface area contributed by atoms with Gasteiger partial charge in [-0.2, -0.15) is 0 Å². The fraction of sp³-hybridized carbons (Fsp3) is 0.381. The number of nitrogens with zero attached hydrogens (tertiary/aromatic N) is 2. The van der Waals surface area contributed by atoms with Gasteiger partial charge in [-0.15, -0.1) is 0 Å². The minimum Gasteiger partial charge on any atom is -0.497 e. The molecule has 3 rings (SSSR count). The summed E-state index contributed by atoms with van der Waals surface area (Å²) < 4.78 is 32.2. The predicted molar refractivity (Wildman–Crippen MR) is 105 cm³/mol. The van der Waals surface area contributed by atoms with Crippen LogP contribution in [-0.2, 0) is 4.79 Å². The van der Waals surface area contributed by atoms with Crippen LogP contribution in [0.15, 0.2) is 42.5 Å². The maximum atomic E-state index is 13.9. The van der Waals surface area contributed by atoms with Gasteiger partial charge in [-0.1, -0.05) is 12.1 Å². The number of hydrogen-bond acceptors (Lipinski definition) is 4. The number of ether oxygens (including phenoxy) is 1. The van der Waals surface area contributed by atoms with E-state index < -0.39 is 17.7 Å². The topological polar surface area (TPSA) is 44.8 Å². The van der Waals surface area contributed by atoms with Crippen molar-refractivity contribution >= 4 is 11.6 Å². The molecule has 1 atom stereocenters. The van der Waals surface area contributed by atoms with Gasteiger partial charge in [-0.3, -0.25) is 9.69 Å². The second-order valence-corrected chi connectivity index (χ2v) is 6.92. The average molecular weight is 389 g/mol. The molecule has 1 heterocycles. The molecule has 1 fully saturated rings. The lowest BCUT2D eigenvalue weighted by Crippen LogP contribution is -2.49. The zero-order chi connectivity index (χ0) is 20.1. The molecular weight excluding hydrogens is 364 g/mol. The fourth-order valence-electron chi connectivity index (χ4n) is 3.39. The van der Waals surface area contributed by atoms with E-state index in [1.165, 1.54) is 12.1 Å². The number of carbonyl (C=O) groups is 1. The molecule has 1 saturated heterocycles. The SMILES string of the molecule is COc1cccc(N2CCN(CC(=O)N[C@H](C)c3ccc(F)cc3F)CC2)c1. The summed E-state index contributed by atoms with van der Waals surface area (Å²) in [6.45, 7) is 5.06. The molecule has 150 valence electrons. The normalized spacial score (nSPS) is 15.9. The van der Waals surface area contributed by atoms with E-state index >= 15 is 0 Å². The van der Waals surface area contributed by atoms with E-state index in [4.69, 9.17) is 4.74 Å². The highest BCUT2D eigenvalue weighted by Crippen LogP contribution is 2.22. The van der Waals surface area contributed by atoms with Crippen molar-refractivity contribution in [3.05, 3.63) is 59.7 Å².